The second kappa shape index (κ2) is 14.9. The highest BCUT2D eigenvalue weighted by Crippen LogP contribution is 2.59. The maximum atomic E-state index is 14.4. The molecule has 52 heavy (non-hydrogen) atoms. The number of pyridine rings is 1. The molecule has 4 heterocycles. The molecule has 1 unspecified atom stereocenters. The van der Waals surface area contributed by atoms with Crippen LogP contribution in [0, 0.1) is 24.1 Å². The zero-order valence-electron chi connectivity index (χ0n) is 29.3. The molecule has 1 saturated carbocycles. The largest absolute Gasteiger partial charge is 0.355 e. The number of Topliss-reactive ketones (excluding diaryl/α,β-unsaturated/α-hetero) is 1. The normalized spacial score (nSPS) is 19.5. The number of amides is 3. The molecule has 4 atom stereocenters. The number of likely N-dealkylation sites (tertiary alicyclic amines) is 1. The molecule has 4 aromatic rings. The molecule has 1 aromatic carbocycles. The Balaban J connectivity index is 1.33. The third kappa shape index (κ3) is 7.29. The number of aromatic nitrogens is 5. The van der Waals surface area contributed by atoms with Gasteiger partial charge in [-0.15, -0.1) is 13.2 Å². The van der Waals surface area contributed by atoms with Crippen LogP contribution in [-0.2, 0) is 27.3 Å². The highest BCUT2D eigenvalue weighted by atomic mass is 79.9. The molecule has 0 spiro atoms. The third-order valence-corrected chi connectivity index (χ3v) is 10.5. The van der Waals surface area contributed by atoms with E-state index in [4.69, 9.17) is 0 Å². The number of hydrogen-bond acceptors (Lipinski definition) is 8. The Morgan fingerprint density at radius 3 is 2.54 bits per heavy atom. The number of carbonyl (C=O) groups is 4. The Labute approximate surface area is 309 Å². The van der Waals surface area contributed by atoms with Crippen molar-refractivity contribution >= 4 is 56.2 Å². The zero-order chi connectivity index (χ0) is 37.3. The van der Waals surface area contributed by atoms with Gasteiger partial charge in [-0.25, -0.2) is 19.3 Å². The minimum atomic E-state index is -0.901. The monoisotopic (exact) mass is 770 g/mol. The van der Waals surface area contributed by atoms with Gasteiger partial charge >= 0.3 is 0 Å². The Bertz CT molecular complexity index is 2100. The van der Waals surface area contributed by atoms with E-state index in [1.165, 1.54) is 23.7 Å². The number of anilines is 1. The summed E-state index contributed by atoms with van der Waals surface area (Å²) >= 11 is 3.05. The third-order valence-electron chi connectivity index (χ3n) is 9.95. The number of ketones is 1. The Morgan fingerprint density at radius 2 is 1.87 bits per heavy atom. The number of nitrogens with one attached hydrogen (secondary N) is 2. The fraction of sp³-hybridized carbons (Fsp3) is 0.368. The maximum absolute atomic E-state index is 14.4. The van der Waals surface area contributed by atoms with Crippen LogP contribution in [0.15, 0.2) is 66.6 Å². The number of rotatable bonds is 14. The van der Waals surface area contributed by atoms with Crippen LogP contribution in [0.5, 0.6) is 0 Å². The van der Waals surface area contributed by atoms with Crippen LogP contribution < -0.4 is 10.6 Å². The lowest BCUT2D eigenvalue weighted by Crippen LogP contribution is -2.46. The number of fused-ring (bicyclic) bond motifs is 2. The van der Waals surface area contributed by atoms with Gasteiger partial charge in [-0.3, -0.25) is 23.9 Å². The number of hydrogen-bond donors (Lipinski definition) is 2. The van der Waals surface area contributed by atoms with Crippen LogP contribution in [0.25, 0.3) is 22.0 Å². The van der Waals surface area contributed by atoms with Crippen molar-refractivity contribution in [3.8, 4) is 11.1 Å². The molecule has 3 amide bonds. The summed E-state index contributed by atoms with van der Waals surface area (Å²) in [4.78, 5) is 68.4. The first-order valence-electron chi connectivity index (χ1n) is 17.1. The Kier molecular flexibility index (Phi) is 10.5. The van der Waals surface area contributed by atoms with Gasteiger partial charge in [-0.1, -0.05) is 19.1 Å². The van der Waals surface area contributed by atoms with Gasteiger partial charge in [0, 0.05) is 54.2 Å². The molecule has 0 radical (unpaired) electrons. The predicted octanol–water partition coefficient (Wildman–Crippen LogP) is 5.75. The van der Waals surface area contributed by atoms with E-state index >= 15 is 0 Å². The van der Waals surface area contributed by atoms with Gasteiger partial charge in [-0.2, -0.15) is 5.10 Å². The standard InChI is InChI=1S/C38H40BrFN8O4/c1-6-8-10-21(3)36(51)43-20-38-15-29(37(52)45-31-12-11-28(40)35(39)44-31)48(30(38)16-38)32(50)19-47-34-24(9-7-2)13-25(26-17-41-23(5)42-18-26)14-27(34)33(46-47)22(4)49/h6-7,11-14,17-18,21,29-30H,1-2,8-10,15-16,19-20H2,3-5H3,(H,43,51)(H,44,45,52)/t21?,29-,30+,38-/m0/s1. The van der Waals surface area contributed by atoms with Crippen LogP contribution in [0.4, 0.5) is 10.2 Å². The molecule has 12 nitrogen and oxygen atoms in total. The first-order valence-corrected chi connectivity index (χ1v) is 17.9. The molecule has 0 bridgehead atoms. The van der Waals surface area contributed by atoms with Crippen LogP contribution in [0.2, 0.25) is 0 Å². The average molecular weight is 772 g/mol. The van der Waals surface area contributed by atoms with E-state index in [9.17, 15) is 23.6 Å². The molecule has 1 aliphatic carbocycles. The molecule has 6 rings (SSSR count). The summed E-state index contributed by atoms with van der Waals surface area (Å²) in [5.74, 6) is -1.28. The Hall–Kier alpha value is -5.11. The van der Waals surface area contributed by atoms with Crippen molar-refractivity contribution in [2.24, 2.45) is 11.3 Å². The molecule has 14 heteroatoms. The van der Waals surface area contributed by atoms with E-state index in [0.29, 0.717) is 55.4 Å². The first-order chi connectivity index (χ1) is 24.8. The van der Waals surface area contributed by atoms with Crippen LogP contribution in [0.3, 0.4) is 0 Å². The van der Waals surface area contributed by atoms with Gasteiger partial charge < -0.3 is 15.5 Å². The molecule has 1 aliphatic heterocycles. The van der Waals surface area contributed by atoms with Crippen molar-refractivity contribution in [3.63, 3.8) is 0 Å². The van der Waals surface area contributed by atoms with Crippen LogP contribution >= 0.6 is 15.9 Å². The highest BCUT2D eigenvalue weighted by Gasteiger charge is 2.67. The number of nitrogens with zero attached hydrogens (tertiary/aromatic N) is 6. The van der Waals surface area contributed by atoms with Crippen molar-refractivity contribution in [1.29, 1.82) is 0 Å². The van der Waals surface area contributed by atoms with E-state index in [1.807, 2.05) is 19.1 Å². The van der Waals surface area contributed by atoms with Gasteiger partial charge in [0.1, 0.15) is 34.5 Å². The molecule has 2 N–H and O–H groups in total. The highest BCUT2D eigenvalue weighted by molar-refractivity contribution is 9.10. The molecular weight excluding hydrogens is 731 g/mol. The first kappa shape index (κ1) is 36.7. The van der Waals surface area contributed by atoms with Gasteiger partial charge in [0.05, 0.1) is 5.52 Å². The zero-order valence-corrected chi connectivity index (χ0v) is 30.9. The quantitative estimate of drug-likeness (QED) is 0.0936. The lowest BCUT2D eigenvalue weighted by atomic mass is 9.98. The number of halogens is 2. The maximum Gasteiger partial charge on any atom is 0.248 e. The lowest BCUT2D eigenvalue weighted by molar-refractivity contribution is -0.138. The summed E-state index contributed by atoms with van der Waals surface area (Å²) in [5.41, 5.74) is 2.67. The topological polar surface area (TPSA) is 152 Å². The number of piperidine rings is 1. The number of benzene rings is 1. The van der Waals surface area contributed by atoms with Gasteiger partial charge in [0.2, 0.25) is 17.7 Å². The van der Waals surface area contributed by atoms with E-state index in [-0.39, 0.29) is 52.2 Å². The molecular formula is C38H40BrFN8O4. The van der Waals surface area contributed by atoms with Crippen LogP contribution in [0.1, 0.15) is 61.4 Å². The molecule has 3 aromatic heterocycles. The summed E-state index contributed by atoms with van der Waals surface area (Å²) in [6, 6.07) is 5.11. The van der Waals surface area contributed by atoms with Crippen molar-refractivity contribution < 1.29 is 23.6 Å². The van der Waals surface area contributed by atoms with Crippen molar-refractivity contribution in [3.05, 3.63) is 89.5 Å². The molecule has 2 aliphatic rings. The summed E-state index contributed by atoms with van der Waals surface area (Å²) in [6.07, 6.45) is 9.66. The number of carbonyl (C=O) groups excluding carboxylic acids is 4. The van der Waals surface area contributed by atoms with Gasteiger partial charge in [-0.05, 0) is 90.4 Å². The summed E-state index contributed by atoms with van der Waals surface area (Å²) in [7, 11) is 0. The van der Waals surface area contributed by atoms with Gasteiger partial charge in [0.15, 0.2) is 11.6 Å². The number of aryl methyl sites for hydroxylation is 1. The van der Waals surface area contributed by atoms with Crippen LogP contribution in [-0.4, -0.2) is 71.8 Å². The lowest BCUT2D eigenvalue weighted by Gasteiger charge is -2.27. The summed E-state index contributed by atoms with van der Waals surface area (Å²) in [5, 5.41) is 11.0. The fourth-order valence-electron chi connectivity index (χ4n) is 7.11. The molecule has 270 valence electrons. The average Bonchev–Trinajstić information content (AvgIpc) is 3.52. The van der Waals surface area contributed by atoms with Crippen molar-refractivity contribution in [2.75, 3.05) is 11.9 Å². The molecule has 2 fully saturated rings. The second-order valence-electron chi connectivity index (χ2n) is 13.7. The predicted molar refractivity (Wildman–Crippen MR) is 198 cm³/mol. The minimum absolute atomic E-state index is 0.0579. The van der Waals surface area contributed by atoms with Crippen molar-refractivity contribution in [2.45, 2.75) is 71.5 Å². The SMILES string of the molecule is C=CCCC(C)C(=O)NC[C@@]12C[C@@H](C(=O)Nc3ccc(F)c(Br)n3)N(C(=O)Cn3nc(C(C)=O)c4cc(-c5cnc(C)nc5)cc(CC=C)c43)[C@@H]1C2. The Morgan fingerprint density at radius 1 is 1.12 bits per heavy atom. The van der Waals surface area contributed by atoms with Crippen molar-refractivity contribution in [1.82, 2.24) is 34.9 Å². The molecule has 1 saturated heterocycles. The van der Waals surface area contributed by atoms with E-state index in [0.717, 1.165) is 16.7 Å². The summed E-state index contributed by atoms with van der Waals surface area (Å²) < 4.78 is 15.4. The minimum Gasteiger partial charge on any atom is -0.355 e. The van der Waals surface area contributed by atoms with Gasteiger partial charge in [0.25, 0.3) is 0 Å². The summed E-state index contributed by atoms with van der Waals surface area (Å²) in [6.45, 7) is 12.8. The number of allylic oxidation sites excluding steroid dienone is 2. The van der Waals surface area contributed by atoms with E-state index in [1.54, 1.807) is 36.4 Å². The second-order valence-corrected chi connectivity index (χ2v) is 14.4. The smallest absolute Gasteiger partial charge is 0.248 e. The fourth-order valence-corrected chi connectivity index (χ4v) is 7.43. The van der Waals surface area contributed by atoms with E-state index < -0.39 is 23.2 Å². The van der Waals surface area contributed by atoms with E-state index in [2.05, 4.69) is 59.8 Å².